The van der Waals surface area contributed by atoms with E-state index in [1.807, 2.05) is 25.5 Å². The van der Waals surface area contributed by atoms with Gasteiger partial charge in [-0.25, -0.2) is 8.42 Å². The molecule has 2 aromatic carbocycles. The van der Waals surface area contributed by atoms with E-state index < -0.39 is 15.9 Å². The molecule has 0 saturated carbocycles. The largest absolute Gasteiger partial charge is 0.319 e. The zero-order valence-electron chi connectivity index (χ0n) is 17.3. The van der Waals surface area contributed by atoms with Gasteiger partial charge in [0.2, 0.25) is 10.0 Å². The van der Waals surface area contributed by atoms with E-state index >= 15 is 0 Å². The average molecular weight is 432 g/mol. The molecule has 0 radical (unpaired) electrons. The minimum Gasteiger partial charge on any atom is -0.319 e. The first-order valence-electron chi connectivity index (χ1n) is 9.45. The summed E-state index contributed by atoms with van der Waals surface area (Å²) in [5, 5.41) is 0. The van der Waals surface area contributed by atoms with E-state index in [4.69, 9.17) is 0 Å². The standard InChI is InChI=1S/C21H25N3O3S2/c1-6-24(7-2)29(26,27)17-10-8-16(9-11-17)20(25)22-21-23(5)19-15(4)12-14(3)13-18(19)28-21/h8-13H,6-7H2,1-5H3. The zero-order chi connectivity index (χ0) is 21.3. The van der Waals surface area contributed by atoms with Gasteiger partial charge in [0.1, 0.15) is 0 Å². The monoisotopic (exact) mass is 431 g/mol. The molecule has 1 heterocycles. The van der Waals surface area contributed by atoms with Crippen LogP contribution >= 0.6 is 11.3 Å². The summed E-state index contributed by atoms with van der Waals surface area (Å²) in [4.78, 5) is 17.7. The first-order valence-corrected chi connectivity index (χ1v) is 11.7. The maximum atomic E-state index is 12.7. The van der Waals surface area contributed by atoms with Crippen molar-refractivity contribution in [2.45, 2.75) is 32.6 Å². The molecule has 3 rings (SSSR count). The van der Waals surface area contributed by atoms with E-state index in [1.54, 1.807) is 13.8 Å². The van der Waals surface area contributed by atoms with Crippen molar-refractivity contribution in [2.75, 3.05) is 13.1 Å². The Labute approximate surface area is 175 Å². The van der Waals surface area contributed by atoms with E-state index in [9.17, 15) is 13.2 Å². The number of carbonyl (C=O) groups excluding carboxylic acids is 1. The Morgan fingerprint density at radius 3 is 2.31 bits per heavy atom. The molecule has 0 unspecified atom stereocenters. The Hall–Kier alpha value is -2.29. The normalized spacial score (nSPS) is 12.8. The lowest BCUT2D eigenvalue weighted by Gasteiger charge is -2.18. The number of nitrogens with zero attached hydrogens (tertiary/aromatic N) is 3. The predicted octanol–water partition coefficient (Wildman–Crippen LogP) is 3.63. The van der Waals surface area contributed by atoms with Gasteiger partial charge in [-0.2, -0.15) is 9.30 Å². The highest BCUT2D eigenvalue weighted by molar-refractivity contribution is 7.89. The summed E-state index contributed by atoms with van der Waals surface area (Å²) in [5.41, 5.74) is 3.72. The van der Waals surface area contributed by atoms with Gasteiger partial charge in [-0.15, -0.1) is 0 Å². The average Bonchev–Trinajstić information content (AvgIpc) is 2.98. The molecular formula is C21H25N3O3S2. The van der Waals surface area contributed by atoms with Crippen LogP contribution in [0.4, 0.5) is 0 Å². The van der Waals surface area contributed by atoms with Crippen LogP contribution in [0.15, 0.2) is 46.3 Å². The number of benzene rings is 2. The molecule has 0 N–H and O–H groups in total. The third-order valence-corrected chi connectivity index (χ3v) is 8.02. The number of hydrogen-bond donors (Lipinski definition) is 0. The summed E-state index contributed by atoms with van der Waals surface area (Å²) in [6, 6.07) is 10.2. The minimum atomic E-state index is -3.55. The van der Waals surface area contributed by atoms with Crippen molar-refractivity contribution in [3.63, 3.8) is 0 Å². The summed E-state index contributed by atoms with van der Waals surface area (Å²) in [6.07, 6.45) is 0. The number of aromatic nitrogens is 1. The lowest BCUT2D eigenvalue weighted by Crippen LogP contribution is -2.30. The molecule has 0 aliphatic heterocycles. The quantitative estimate of drug-likeness (QED) is 0.619. The Bertz CT molecular complexity index is 1230. The number of thiazole rings is 1. The third-order valence-electron chi connectivity index (χ3n) is 4.88. The first-order chi connectivity index (χ1) is 13.7. The van der Waals surface area contributed by atoms with Gasteiger partial charge in [-0.3, -0.25) is 4.79 Å². The number of carbonyl (C=O) groups is 1. The molecule has 3 aromatic rings. The van der Waals surface area contributed by atoms with Gasteiger partial charge in [0.15, 0.2) is 4.80 Å². The van der Waals surface area contributed by atoms with Gasteiger partial charge in [-0.05, 0) is 55.3 Å². The van der Waals surface area contributed by atoms with Gasteiger partial charge in [0.05, 0.1) is 15.1 Å². The summed E-state index contributed by atoms with van der Waals surface area (Å²) in [7, 11) is -1.65. The topological polar surface area (TPSA) is 71.7 Å². The molecule has 1 amide bonds. The van der Waals surface area contributed by atoms with Crippen LogP contribution in [-0.2, 0) is 17.1 Å². The minimum absolute atomic E-state index is 0.177. The number of fused-ring (bicyclic) bond motifs is 1. The molecule has 0 spiro atoms. The van der Waals surface area contributed by atoms with Crippen molar-refractivity contribution in [3.05, 3.63) is 57.9 Å². The molecule has 0 aliphatic carbocycles. The van der Waals surface area contributed by atoms with Gasteiger partial charge < -0.3 is 4.57 Å². The van der Waals surface area contributed by atoms with E-state index in [-0.39, 0.29) is 4.90 Å². The molecule has 0 fully saturated rings. The molecule has 1 aromatic heterocycles. The van der Waals surface area contributed by atoms with E-state index in [0.717, 1.165) is 15.8 Å². The second kappa shape index (κ2) is 8.22. The predicted molar refractivity (Wildman–Crippen MR) is 117 cm³/mol. The van der Waals surface area contributed by atoms with Crippen molar-refractivity contribution >= 4 is 37.5 Å². The van der Waals surface area contributed by atoms with Crippen LogP contribution in [0.1, 0.15) is 35.3 Å². The Kier molecular flexibility index (Phi) is 6.07. The summed E-state index contributed by atoms with van der Waals surface area (Å²) < 4.78 is 29.6. The van der Waals surface area contributed by atoms with Gasteiger partial charge in [0.25, 0.3) is 5.91 Å². The molecule has 8 heteroatoms. The third kappa shape index (κ3) is 4.05. The summed E-state index contributed by atoms with van der Waals surface area (Å²) in [5.74, 6) is -0.395. The number of aryl methyl sites for hydroxylation is 3. The first kappa shape index (κ1) is 21.4. The highest BCUT2D eigenvalue weighted by Gasteiger charge is 2.21. The Morgan fingerprint density at radius 2 is 1.72 bits per heavy atom. The Morgan fingerprint density at radius 1 is 1.10 bits per heavy atom. The van der Waals surface area contributed by atoms with Crippen molar-refractivity contribution in [1.29, 1.82) is 0 Å². The molecular weight excluding hydrogens is 406 g/mol. The molecule has 0 atom stereocenters. The lowest BCUT2D eigenvalue weighted by atomic mass is 10.1. The number of sulfonamides is 1. The SMILES string of the molecule is CCN(CC)S(=O)(=O)c1ccc(C(=O)N=c2sc3cc(C)cc(C)c3n2C)cc1. The van der Waals surface area contributed by atoms with Gasteiger partial charge >= 0.3 is 0 Å². The van der Waals surface area contributed by atoms with Crippen LogP contribution < -0.4 is 4.80 Å². The second-order valence-corrected chi connectivity index (χ2v) is 9.85. The van der Waals surface area contributed by atoms with Crippen LogP contribution in [0.2, 0.25) is 0 Å². The maximum Gasteiger partial charge on any atom is 0.279 e. The highest BCUT2D eigenvalue weighted by Crippen LogP contribution is 2.22. The number of rotatable bonds is 5. The van der Waals surface area contributed by atoms with E-state index in [2.05, 4.69) is 17.1 Å². The summed E-state index contributed by atoms with van der Waals surface area (Å²) in [6.45, 7) is 8.48. The fourth-order valence-corrected chi connectivity index (χ4v) is 6.07. The van der Waals surface area contributed by atoms with E-state index in [1.165, 1.54) is 45.5 Å². The van der Waals surface area contributed by atoms with E-state index in [0.29, 0.717) is 23.5 Å². The van der Waals surface area contributed by atoms with Crippen molar-refractivity contribution in [3.8, 4) is 0 Å². The van der Waals surface area contributed by atoms with Crippen LogP contribution in [0.3, 0.4) is 0 Å². The second-order valence-electron chi connectivity index (χ2n) is 6.90. The van der Waals surface area contributed by atoms with Crippen molar-refractivity contribution < 1.29 is 13.2 Å². The van der Waals surface area contributed by atoms with Crippen LogP contribution in [0.5, 0.6) is 0 Å². The van der Waals surface area contributed by atoms with Crippen LogP contribution in [-0.4, -0.2) is 36.3 Å². The smallest absolute Gasteiger partial charge is 0.279 e. The molecule has 0 saturated heterocycles. The van der Waals surface area contributed by atoms with Crippen molar-refractivity contribution in [2.24, 2.45) is 12.0 Å². The molecule has 29 heavy (non-hydrogen) atoms. The molecule has 154 valence electrons. The van der Waals surface area contributed by atoms with Crippen molar-refractivity contribution in [1.82, 2.24) is 8.87 Å². The van der Waals surface area contributed by atoms with Crippen LogP contribution in [0.25, 0.3) is 10.2 Å². The molecule has 0 aliphatic rings. The maximum absolute atomic E-state index is 12.7. The lowest BCUT2D eigenvalue weighted by molar-refractivity contribution is 0.0998. The Balaban J connectivity index is 1.97. The van der Waals surface area contributed by atoms with Crippen LogP contribution in [0, 0.1) is 13.8 Å². The molecule has 0 bridgehead atoms. The zero-order valence-corrected chi connectivity index (χ0v) is 18.9. The fraction of sp³-hybridized carbons (Fsp3) is 0.333. The van der Waals surface area contributed by atoms with Gasteiger partial charge in [-0.1, -0.05) is 31.3 Å². The number of amides is 1. The fourth-order valence-electron chi connectivity index (χ4n) is 3.42. The highest BCUT2D eigenvalue weighted by atomic mass is 32.2. The number of hydrogen-bond acceptors (Lipinski definition) is 4. The summed E-state index contributed by atoms with van der Waals surface area (Å²) >= 11 is 1.47. The van der Waals surface area contributed by atoms with Gasteiger partial charge in [0, 0.05) is 25.7 Å². The molecule has 6 nitrogen and oxygen atoms in total.